The van der Waals surface area contributed by atoms with Crippen LogP contribution in [-0.2, 0) is 31.3 Å². The molecular formula is C38H53F3N4O4S. The van der Waals surface area contributed by atoms with Gasteiger partial charge in [-0.2, -0.15) is 0 Å². The lowest BCUT2D eigenvalue weighted by molar-refractivity contribution is -0.142. The van der Waals surface area contributed by atoms with E-state index in [4.69, 9.17) is 4.74 Å². The van der Waals surface area contributed by atoms with Gasteiger partial charge in [0.2, 0.25) is 0 Å². The van der Waals surface area contributed by atoms with Crippen molar-refractivity contribution in [1.82, 2.24) is 14.7 Å². The number of halogens is 3. The largest absolute Gasteiger partial charge is 0.469 e. The molecule has 6 rings (SSSR count). The van der Waals surface area contributed by atoms with Crippen molar-refractivity contribution >= 4 is 21.5 Å². The molecule has 2 aromatic carbocycles. The maximum absolute atomic E-state index is 16.3. The molecule has 0 radical (unpaired) electrons. The van der Waals surface area contributed by atoms with Crippen LogP contribution in [0.3, 0.4) is 0 Å². The van der Waals surface area contributed by atoms with Crippen molar-refractivity contribution in [2.75, 3.05) is 84.7 Å². The van der Waals surface area contributed by atoms with Crippen LogP contribution >= 0.6 is 0 Å². The van der Waals surface area contributed by atoms with Gasteiger partial charge in [0.05, 0.1) is 30.8 Å². The minimum absolute atomic E-state index is 0.0307. The zero-order valence-corrected chi connectivity index (χ0v) is 30.8. The predicted octanol–water partition coefficient (Wildman–Crippen LogP) is 5.29. The fraction of sp³-hybridized carbons (Fsp3) is 0.658. The third-order valence-corrected chi connectivity index (χ3v) is 13.1. The van der Waals surface area contributed by atoms with Crippen molar-refractivity contribution in [2.45, 2.75) is 67.5 Å². The molecule has 50 heavy (non-hydrogen) atoms. The number of carbonyl (C=O) groups excluding carboxylic acids is 1. The number of hydrogen-bond donors (Lipinski definition) is 0. The maximum Gasteiger partial charge on any atom is 0.305 e. The smallest absolute Gasteiger partial charge is 0.305 e. The molecule has 0 spiro atoms. The van der Waals surface area contributed by atoms with Crippen LogP contribution in [0.25, 0.3) is 0 Å². The molecule has 0 N–H and O–H groups in total. The van der Waals surface area contributed by atoms with Crippen molar-refractivity contribution < 1.29 is 31.1 Å². The summed E-state index contributed by atoms with van der Waals surface area (Å²) in [6, 6.07) is 9.99. The monoisotopic (exact) mass is 718 g/mol. The first-order valence-electron chi connectivity index (χ1n) is 18.1. The van der Waals surface area contributed by atoms with Crippen LogP contribution < -0.4 is 4.90 Å². The second kappa shape index (κ2) is 14.8. The Morgan fingerprint density at radius 1 is 1.00 bits per heavy atom. The Morgan fingerprint density at radius 2 is 1.72 bits per heavy atom. The van der Waals surface area contributed by atoms with Crippen LogP contribution in [0, 0.1) is 29.4 Å². The van der Waals surface area contributed by atoms with E-state index in [0.29, 0.717) is 19.5 Å². The number of benzene rings is 2. The second-order valence-corrected chi connectivity index (χ2v) is 17.7. The summed E-state index contributed by atoms with van der Waals surface area (Å²) in [6.45, 7) is 4.66. The van der Waals surface area contributed by atoms with E-state index in [0.717, 1.165) is 70.0 Å². The Balaban J connectivity index is 1.19. The molecule has 8 nitrogen and oxygen atoms in total. The standard InChI is InChI=1S/C38H53F3N4O4S/c1-42(2)22-31-34(50(4,47)48)13-12-33(36(31)40)45-24-37(41,25-45)23-44-18-14-28(15-19-44)38(26-43-16-7-17-43,29-9-6-10-30(39)21-29)32-11-5-8-27(32)20-35(46)49-3/h6,9-10,12-13,21,27-28,32H,5,7-8,11,14-20,22-26H2,1-4H3/t27-,32+,38+/m1/s1. The number of nitrogens with zero attached hydrogens (tertiary/aromatic N) is 4. The van der Waals surface area contributed by atoms with Crippen molar-refractivity contribution in [3.8, 4) is 0 Å². The molecule has 0 aromatic heterocycles. The van der Waals surface area contributed by atoms with Crippen molar-refractivity contribution in [3.63, 3.8) is 0 Å². The van der Waals surface area contributed by atoms with Gasteiger partial charge in [-0.25, -0.2) is 21.6 Å². The Kier molecular flexibility index (Phi) is 10.9. The molecule has 0 unspecified atom stereocenters. The number of rotatable bonds is 13. The molecule has 1 saturated carbocycles. The number of methoxy groups -OCH3 is 1. The van der Waals surface area contributed by atoms with Crippen LogP contribution in [0.15, 0.2) is 41.3 Å². The lowest BCUT2D eigenvalue weighted by Crippen LogP contribution is -2.65. The third kappa shape index (κ3) is 7.59. The summed E-state index contributed by atoms with van der Waals surface area (Å²) in [5.74, 6) is -0.467. The minimum Gasteiger partial charge on any atom is -0.469 e. The van der Waals surface area contributed by atoms with Gasteiger partial charge in [0.25, 0.3) is 0 Å². The summed E-state index contributed by atoms with van der Waals surface area (Å²) in [7, 11) is 1.30. The topological polar surface area (TPSA) is 73.4 Å². The molecular weight excluding hydrogens is 666 g/mol. The predicted molar refractivity (Wildman–Crippen MR) is 189 cm³/mol. The van der Waals surface area contributed by atoms with E-state index in [1.165, 1.54) is 25.3 Å². The fourth-order valence-corrected chi connectivity index (χ4v) is 10.5. The Labute approximate surface area is 295 Å². The van der Waals surface area contributed by atoms with Crippen LogP contribution in [-0.4, -0.2) is 115 Å². The van der Waals surface area contributed by atoms with Crippen LogP contribution in [0.4, 0.5) is 18.9 Å². The number of hydrogen-bond acceptors (Lipinski definition) is 8. The van der Waals surface area contributed by atoms with Gasteiger partial charge in [-0.1, -0.05) is 18.6 Å². The van der Waals surface area contributed by atoms with Gasteiger partial charge in [-0.3, -0.25) is 9.69 Å². The van der Waals surface area contributed by atoms with Gasteiger partial charge in [0.15, 0.2) is 21.3 Å². The number of alkyl halides is 1. The number of ether oxygens (including phenoxy) is 1. The summed E-state index contributed by atoms with van der Waals surface area (Å²) in [4.78, 5) is 20.6. The number of piperidine rings is 1. The van der Waals surface area contributed by atoms with E-state index in [9.17, 15) is 17.6 Å². The molecule has 1 aliphatic carbocycles. The average Bonchev–Trinajstić information content (AvgIpc) is 3.48. The summed E-state index contributed by atoms with van der Waals surface area (Å²) in [6.07, 6.45) is 7.21. The summed E-state index contributed by atoms with van der Waals surface area (Å²) in [5.41, 5.74) is -0.525. The Hall–Kier alpha value is -2.67. The highest BCUT2D eigenvalue weighted by Crippen LogP contribution is 2.54. The average molecular weight is 719 g/mol. The SMILES string of the molecule is COC(=O)C[C@H]1CCC[C@@H]1[C@](CN1CCC1)(c1cccc(F)c1)C1CCN(CC2(F)CN(c3ccc(S(C)(=O)=O)c(CN(C)C)c3F)C2)CC1. The fourth-order valence-electron chi connectivity index (χ4n) is 9.60. The Bertz CT molecular complexity index is 1640. The lowest BCUT2D eigenvalue weighted by Gasteiger charge is -2.54. The van der Waals surface area contributed by atoms with Gasteiger partial charge in [0, 0.05) is 43.3 Å². The lowest BCUT2D eigenvalue weighted by atomic mass is 9.56. The second-order valence-electron chi connectivity index (χ2n) is 15.7. The van der Waals surface area contributed by atoms with E-state index in [1.54, 1.807) is 30.0 Å². The molecule has 0 bridgehead atoms. The quantitative estimate of drug-likeness (QED) is 0.259. The summed E-state index contributed by atoms with van der Waals surface area (Å²) >= 11 is 0. The van der Waals surface area contributed by atoms with Gasteiger partial charge in [0.1, 0.15) is 5.82 Å². The number of likely N-dealkylation sites (tertiary alicyclic amines) is 2. The van der Waals surface area contributed by atoms with Crippen LogP contribution in [0.1, 0.15) is 56.1 Å². The zero-order valence-electron chi connectivity index (χ0n) is 30.0. The van der Waals surface area contributed by atoms with Gasteiger partial charge in [-0.15, -0.1) is 0 Å². The van der Waals surface area contributed by atoms with E-state index in [2.05, 4.69) is 15.9 Å². The normalized spacial score (nSPS) is 24.5. The number of sulfone groups is 1. The third-order valence-electron chi connectivity index (χ3n) is 11.9. The van der Waals surface area contributed by atoms with Gasteiger partial charge < -0.3 is 19.4 Å². The minimum atomic E-state index is -3.64. The first kappa shape index (κ1) is 37.1. The first-order valence-corrected chi connectivity index (χ1v) is 20.0. The molecule has 3 aliphatic heterocycles. The van der Waals surface area contributed by atoms with Crippen molar-refractivity contribution in [1.29, 1.82) is 0 Å². The molecule has 3 atom stereocenters. The molecule has 4 aliphatic rings. The number of anilines is 1. The molecule has 276 valence electrons. The van der Waals surface area contributed by atoms with Crippen LogP contribution in [0.2, 0.25) is 0 Å². The van der Waals surface area contributed by atoms with E-state index >= 15 is 8.78 Å². The molecule has 3 heterocycles. The Morgan fingerprint density at radius 3 is 2.32 bits per heavy atom. The molecule has 3 saturated heterocycles. The molecule has 0 amide bonds. The highest BCUT2D eigenvalue weighted by molar-refractivity contribution is 7.90. The van der Waals surface area contributed by atoms with Crippen molar-refractivity contribution in [2.24, 2.45) is 17.8 Å². The first-order chi connectivity index (χ1) is 23.7. The zero-order chi connectivity index (χ0) is 35.8. The molecule has 12 heteroatoms. The number of esters is 1. The van der Waals surface area contributed by atoms with Crippen LogP contribution in [0.5, 0.6) is 0 Å². The summed E-state index contributed by atoms with van der Waals surface area (Å²) in [5, 5.41) is 0. The molecule has 2 aromatic rings. The van der Waals surface area contributed by atoms with Gasteiger partial charge in [-0.05, 0) is 120 Å². The number of carbonyl (C=O) groups is 1. The van der Waals surface area contributed by atoms with Gasteiger partial charge >= 0.3 is 5.97 Å². The molecule has 4 fully saturated rings. The highest BCUT2D eigenvalue weighted by atomic mass is 32.2. The maximum atomic E-state index is 16.3. The highest BCUT2D eigenvalue weighted by Gasteiger charge is 2.54. The van der Waals surface area contributed by atoms with E-state index < -0.39 is 21.3 Å². The van der Waals surface area contributed by atoms with E-state index in [-0.39, 0.29) is 77.3 Å². The summed E-state index contributed by atoms with van der Waals surface area (Å²) < 4.78 is 76.9. The van der Waals surface area contributed by atoms with E-state index in [1.807, 2.05) is 6.07 Å². The van der Waals surface area contributed by atoms with Crippen molar-refractivity contribution in [3.05, 3.63) is 59.2 Å².